The van der Waals surface area contributed by atoms with Crippen molar-refractivity contribution in [1.29, 1.82) is 0 Å². The Bertz CT molecular complexity index is 1570. The lowest BCUT2D eigenvalue weighted by Crippen LogP contribution is -2.39. The molecule has 0 spiro atoms. The van der Waals surface area contributed by atoms with Crippen LogP contribution >= 0.6 is 27.3 Å². The number of Topliss-reactive ketones (excluding diaryl/α,β-unsaturated/α-hetero) is 1. The molecular formula is C29H30BrN3O5S. The Hall–Kier alpha value is -3.37. The first-order chi connectivity index (χ1) is 18.5. The van der Waals surface area contributed by atoms with Crippen molar-refractivity contribution >= 4 is 54.3 Å². The number of halogens is 1. The molecule has 204 valence electrons. The van der Waals surface area contributed by atoms with Gasteiger partial charge in [0.25, 0.3) is 5.91 Å². The van der Waals surface area contributed by atoms with Gasteiger partial charge in [-0.1, -0.05) is 41.1 Å². The number of nitrogens with zero attached hydrogens (tertiary/aromatic N) is 1. The Morgan fingerprint density at radius 3 is 2.46 bits per heavy atom. The fourth-order valence-corrected chi connectivity index (χ4v) is 6.64. The second kappa shape index (κ2) is 10.3. The van der Waals surface area contributed by atoms with Gasteiger partial charge in [-0.15, -0.1) is 0 Å². The van der Waals surface area contributed by atoms with E-state index in [0.29, 0.717) is 57.6 Å². The number of fused-ring (bicyclic) bond motifs is 1. The van der Waals surface area contributed by atoms with Crippen molar-refractivity contribution < 1.29 is 23.8 Å². The Kier molecular flexibility index (Phi) is 7.19. The van der Waals surface area contributed by atoms with Gasteiger partial charge in [0.05, 0.1) is 37.5 Å². The number of hydrogen-bond donors (Lipinski definition) is 2. The monoisotopic (exact) mass is 611 g/mol. The molecule has 0 saturated heterocycles. The van der Waals surface area contributed by atoms with Gasteiger partial charge in [-0.3, -0.25) is 14.9 Å². The first-order valence-electron chi connectivity index (χ1n) is 12.5. The molecule has 8 nitrogen and oxygen atoms in total. The number of nitrogens with one attached hydrogen (secondary N) is 2. The van der Waals surface area contributed by atoms with E-state index in [4.69, 9.17) is 14.2 Å². The van der Waals surface area contributed by atoms with Crippen LogP contribution in [0.25, 0.3) is 10.2 Å². The van der Waals surface area contributed by atoms with E-state index >= 15 is 0 Å². The number of carbonyl (C=O) groups excluding carboxylic acids is 2. The van der Waals surface area contributed by atoms with Gasteiger partial charge in [0, 0.05) is 45.1 Å². The minimum Gasteiger partial charge on any atom is -0.496 e. The third-order valence-electron chi connectivity index (χ3n) is 7.10. The summed E-state index contributed by atoms with van der Waals surface area (Å²) in [5.41, 5.74) is 3.72. The maximum absolute atomic E-state index is 14.0. The maximum atomic E-state index is 14.0. The molecule has 0 bridgehead atoms. The van der Waals surface area contributed by atoms with E-state index in [-0.39, 0.29) is 17.1 Å². The standard InChI is InChI=1S/C29H30BrN3O5S/c1-14-24(27(35)33-28-32-17-9-15(30)7-8-23(17)39-28)25(26-18(31-14)12-29(2,3)13-19(26)34)16-10-21(37-5)22(38-6)11-20(16)36-4/h7-11,25,31H,12-13H2,1-6H3,(H,32,33,35)/t25-/m0/s1. The summed E-state index contributed by atoms with van der Waals surface area (Å²) in [5.74, 6) is 0.439. The highest BCUT2D eigenvalue weighted by Crippen LogP contribution is 2.50. The van der Waals surface area contributed by atoms with Crippen LogP contribution in [-0.2, 0) is 9.59 Å². The van der Waals surface area contributed by atoms with Crippen molar-refractivity contribution in [1.82, 2.24) is 10.3 Å². The van der Waals surface area contributed by atoms with Crippen molar-refractivity contribution in [3.8, 4) is 17.2 Å². The summed E-state index contributed by atoms with van der Waals surface area (Å²) in [6.07, 6.45) is 1.06. The minimum absolute atomic E-state index is 0.00164. The first-order valence-corrected chi connectivity index (χ1v) is 14.1. The average molecular weight is 613 g/mol. The zero-order chi connectivity index (χ0) is 28.1. The number of thiazole rings is 1. The summed E-state index contributed by atoms with van der Waals surface area (Å²) in [7, 11) is 4.66. The van der Waals surface area contributed by atoms with Crippen LogP contribution in [0.4, 0.5) is 5.13 Å². The van der Waals surface area contributed by atoms with E-state index in [1.807, 2.05) is 25.1 Å². The van der Waals surface area contributed by atoms with Crippen LogP contribution in [0.3, 0.4) is 0 Å². The molecular weight excluding hydrogens is 582 g/mol. The molecule has 39 heavy (non-hydrogen) atoms. The number of rotatable bonds is 6. The lowest BCUT2D eigenvalue weighted by atomic mass is 9.68. The van der Waals surface area contributed by atoms with Gasteiger partial charge in [0.15, 0.2) is 22.4 Å². The zero-order valence-corrected chi connectivity index (χ0v) is 25.1. The van der Waals surface area contributed by atoms with Crippen molar-refractivity contribution in [2.75, 3.05) is 26.6 Å². The van der Waals surface area contributed by atoms with Gasteiger partial charge in [-0.05, 0) is 43.0 Å². The number of carbonyl (C=O) groups is 2. The molecule has 0 fully saturated rings. The molecule has 1 aliphatic heterocycles. The third kappa shape index (κ3) is 5.03. The van der Waals surface area contributed by atoms with Gasteiger partial charge < -0.3 is 19.5 Å². The fraction of sp³-hybridized carbons (Fsp3) is 0.345. The molecule has 0 saturated carbocycles. The number of ketones is 1. The van der Waals surface area contributed by atoms with E-state index in [2.05, 4.69) is 45.4 Å². The quantitative estimate of drug-likeness (QED) is 0.336. The maximum Gasteiger partial charge on any atom is 0.256 e. The summed E-state index contributed by atoms with van der Waals surface area (Å²) < 4.78 is 18.7. The number of aromatic nitrogens is 1. The molecule has 2 N–H and O–H groups in total. The summed E-state index contributed by atoms with van der Waals surface area (Å²) in [5, 5.41) is 6.87. The summed E-state index contributed by atoms with van der Waals surface area (Å²) in [6, 6.07) is 9.32. The highest BCUT2D eigenvalue weighted by Gasteiger charge is 2.44. The predicted octanol–water partition coefficient (Wildman–Crippen LogP) is 6.33. The van der Waals surface area contributed by atoms with Crippen molar-refractivity contribution in [3.05, 3.63) is 62.9 Å². The van der Waals surface area contributed by atoms with E-state index in [0.717, 1.165) is 20.4 Å². The number of dihydropyridines is 1. The highest BCUT2D eigenvalue weighted by atomic mass is 79.9. The van der Waals surface area contributed by atoms with Crippen molar-refractivity contribution in [2.45, 2.75) is 39.5 Å². The average Bonchev–Trinajstić information content (AvgIpc) is 3.27. The van der Waals surface area contributed by atoms with Crippen LogP contribution in [0.2, 0.25) is 0 Å². The molecule has 2 heterocycles. The number of benzene rings is 2. The highest BCUT2D eigenvalue weighted by molar-refractivity contribution is 9.10. The van der Waals surface area contributed by atoms with Crippen LogP contribution in [0.15, 0.2) is 57.3 Å². The van der Waals surface area contributed by atoms with Gasteiger partial charge in [0.2, 0.25) is 0 Å². The van der Waals surface area contributed by atoms with Gasteiger partial charge in [0.1, 0.15) is 5.75 Å². The lowest BCUT2D eigenvalue weighted by Gasteiger charge is -2.40. The van der Waals surface area contributed by atoms with Crippen molar-refractivity contribution in [3.63, 3.8) is 0 Å². The molecule has 3 aromatic rings. The number of methoxy groups -OCH3 is 3. The molecule has 0 radical (unpaired) electrons. The van der Waals surface area contributed by atoms with Crippen LogP contribution in [0.5, 0.6) is 17.2 Å². The molecule has 0 unspecified atom stereocenters. The zero-order valence-electron chi connectivity index (χ0n) is 22.7. The minimum atomic E-state index is -0.678. The molecule has 1 atom stereocenters. The third-order valence-corrected chi connectivity index (χ3v) is 8.55. The summed E-state index contributed by atoms with van der Waals surface area (Å²) >= 11 is 4.86. The molecule has 1 aliphatic carbocycles. The Balaban J connectivity index is 1.65. The summed E-state index contributed by atoms with van der Waals surface area (Å²) in [6.45, 7) is 6.02. The van der Waals surface area contributed by atoms with E-state index < -0.39 is 5.92 Å². The van der Waals surface area contributed by atoms with Gasteiger partial charge in [-0.2, -0.15) is 0 Å². The van der Waals surface area contributed by atoms with Crippen LogP contribution < -0.4 is 24.8 Å². The van der Waals surface area contributed by atoms with E-state index in [1.165, 1.54) is 11.3 Å². The molecule has 10 heteroatoms. The van der Waals surface area contributed by atoms with Crippen LogP contribution in [-0.4, -0.2) is 38.0 Å². The van der Waals surface area contributed by atoms with E-state index in [1.54, 1.807) is 33.5 Å². The number of ether oxygens (including phenoxy) is 3. The molecule has 5 rings (SSSR count). The number of allylic oxidation sites excluding steroid dienone is 3. The second-order valence-corrected chi connectivity index (χ2v) is 12.4. The molecule has 1 amide bonds. The van der Waals surface area contributed by atoms with Gasteiger partial charge in [-0.25, -0.2) is 4.98 Å². The first kappa shape index (κ1) is 27.2. The number of anilines is 1. The largest absolute Gasteiger partial charge is 0.496 e. The van der Waals surface area contributed by atoms with E-state index in [9.17, 15) is 9.59 Å². The van der Waals surface area contributed by atoms with Crippen LogP contribution in [0, 0.1) is 5.41 Å². The normalized spacial score (nSPS) is 18.5. The number of amides is 1. The Morgan fingerprint density at radius 1 is 1.08 bits per heavy atom. The van der Waals surface area contributed by atoms with Crippen LogP contribution in [0.1, 0.15) is 45.1 Å². The smallest absolute Gasteiger partial charge is 0.256 e. The second-order valence-electron chi connectivity index (χ2n) is 10.5. The predicted molar refractivity (Wildman–Crippen MR) is 156 cm³/mol. The number of hydrogen-bond acceptors (Lipinski definition) is 8. The molecule has 1 aromatic heterocycles. The molecule has 2 aliphatic rings. The van der Waals surface area contributed by atoms with Crippen molar-refractivity contribution in [2.24, 2.45) is 5.41 Å². The summed E-state index contributed by atoms with van der Waals surface area (Å²) in [4.78, 5) is 32.3. The fourth-order valence-electron chi connectivity index (χ4n) is 5.45. The Labute approximate surface area is 239 Å². The molecule has 2 aromatic carbocycles. The Morgan fingerprint density at radius 2 is 1.77 bits per heavy atom. The SMILES string of the molecule is COc1cc(OC)c([C@H]2C(C(=O)Nc3nc4cc(Br)ccc4s3)=C(C)NC3=C2C(=O)CC(C)(C)C3)cc1OC. The lowest BCUT2D eigenvalue weighted by molar-refractivity contribution is -0.118. The van der Waals surface area contributed by atoms with Gasteiger partial charge >= 0.3 is 0 Å². The topological polar surface area (TPSA) is 98.8 Å².